The van der Waals surface area contributed by atoms with Gasteiger partial charge in [-0.05, 0) is 36.1 Å². The normalized spacial score (nSPS) is 11.1. The van der Waals surface area contributed by atoms with Crippen molar-refractivity contribution in [3.05, 3.63) is 47.1 Å². The van der Waals surface area contributed by atoms with E-state index in [0.717, 1.165) is 33.5 Å². The summed E-state index contributed by atoms with van der Waals surface area (Å²) in [6, 6.07) is 8.07. The number of ether oxygens (including phenoxy) is 2. The highest BCUT2D eigenvalue weighted by Crippen LogP contribution is 2.37. The summed E-state index contributed by atoms with van der Waals surface area (Å²) in [7, 11) is 1.65. The Morgan fingerprint density at radius 2 is 2.04 bits per heavy atom. The van der Waals surface area contributed by atoms with Crippen LogP contribution in [0.4, 0.5) is 0 Å². The fraction of sp³-hybridized carbons (Fsp3) is 0.278. The van der Waals surface area contributed by atoms with Crippen LogP contribution in [0, 0.1) is 6.92 Å². The summed E-state index contributed by atoms with van der Waals surface area (Å²) < 4.78 is 11.9. The molecule has 120 valence electrons. The van der Waals surface area contributed by atoms with Crippen LogP contribution in [0.25, 0.3) is 21.2 Å². The maximum absolute atomic E-state index is 9.37. The lowest BCUT2D eigenvalue weighted by Crippen LogP contribution is -2.04. The maximum atomic E-state index is 9.37. The first-order chi connectivity index (χ1) is 11.2. The molecule has 0 saturated heterocycles. The molecule has 1 N–H and O–H groups in total. The lowest BCUT2D eigenvalue weighted by atomic mass is 10.0. The van der Waals surface area contributed by atoms with Crippen LogP contribution in [-0.2, 0) is 11.3 Å². The Bertz CT molecular complexity index is 813. The highest BCUT2D eigenvalue weighted by atomic mass is 32.1. The number of aryl methyl sites for hydroxylation is 1. The Morgan fingerprint density at radius 1 is 1.17 bits per heavy atom. The molecule has 0 saturated carbocycles. The summed E-state index contributed by atoms with van der Waals surface area (Å²) in [5.74, 6) is 0.736. The number of nitrogens with zero attached hydrogens (tertiary/aromatic N) is 1. The number of hydrogen-bond acceptors (Lipinski definition) is 5. The smallest absolute Gasteiger partial charge is 0.138 e. The van der Waals surface area contributed by atoms with Crippen molar-refractivity contribution in [2.24, 2.45) is 0 Å². The number of aliphatic hydroxyl groups is 1. The highest BCUT2D eigenvalue weighted by molar-refractivity contribution is 7.17. The first-order valence-electron chi connectivity index (χ1n) is 7.42. The van der Waals surface area contributed by atoms with E-state index < -0.39 is 0 Å². The molecule has 5 heteroatoms. The van der Waals surface area contributed by atoms with Gasteiger partial charge in [0.25, 0.3) is 0 Å². The monoisotopic (exact) mass is 329 g/mol. The Balaban J connectivity index is 2.01. The van der Waals surface area contributed by atoms with E-state index in [0.29, 0.717) is 13.2 Å². The zero-order valence-electron chi connectivity index (χ0n) is 13.2. The van der Waals surface area contributed by atoms with Crippen molar-refractivity contribution in [2.45, 2.75) is 13.5 Å². The summed E-state index contributed by atoms with van der Waals surface area (Å²) in [5.41, 5.74) is 4.05. The minimum atomic E-state index is 0.0443. The SMILES string of the molecule is COCCOc1cnc(C)c(-c2csc3ccc(CO)cc23)c1. The Labute approximate surface area is 139 Å². The van der Waals surface area contributed by atoms with Crippen LogP contribution >= 0.6 is 11.3 Å². The molecule has 3 aromatic rings. The molecule has 2 aromatic heterocycles. The van der Waals surface area contributed by atoms with E-state index in [2.05, 4.69) is 16.4 Å². The van der Waals surface area contributed by atoms with Gasteiger partial charge < -0.3 is 14.6 Å². The zero-order chi connectivity index (χ0) is 16.2. The highest BCUT2D eigenvalue weighted by Gasteiger charge is 2.11. The molecule has 0 aliphatic heterocycles. The topological polar surface area (TPSA) is 51.6 Å². The minimum absolute atomic E-state index is 0.0443. The van der Waals surface area contributed by atoms with Gasteiger partial charge in [0.05, 0.1) is 19.4 Å². The van der Waals surface area contributed by atoms with Crippen LogP contribution in [-0.4, -0.2) is 30.4 Å². The van der Waals surface area contributed by atoms with Crippen molar-refractivity contribution in [3.63, 3.8) is 0 Å². The molecule has 23 heavy (non-hydrogen) atoms. The fourth-order valence-corrected chi connectivity index (χ4v) is 3.43. The van der Waals surface area contributed by atoms with E-state index in [1.165, 1.54) is 4.70 Å². The number of fused-ring (bicyclic) bond motifs is 1. The van der Waals surface area contributed by atoms with Gasteiger partial charge in [0.1, 0.15) is 12.4 Å². The molecule has 0 amide bonds. The van der Waals surface area contributed by atoms with E-state index in [-0.39, 0.29) is 6.61 Å². The van der Waals surface area contributed by atoms with Gasteiger partial charge >= 0.3 is 0 Å². The number of pyridine rings is 1. The van der Waals surface area contributed by atoms with Crippen molar-refractivity contribution in [1.82, 2.24) is 4.98 Å². The lowest BCUT2D eigenvalue weighted by Gasteiger charge is -2.09. The Hall–Kier alpha value is -1.95. The second kappa shape index (κ2) is 7.08. The molecule has 4 nitrogen and oxygen atoms in total. The molecule has 0 unspecified atom stereocenters. The van der Waals surface area contributed by atoms with E-state index in [4.69, 9.17) is 9.47 Å². The standard InChI is InChI=1S/C18H19NO3S/c1-12-15(8-14(9-19-12)22-6-5-21-2)17-11-23-18-4-3-13(10-20)7-16(17)18/h3-4,7-9,11,20H,5-6,10H2,1-2H3. The van der Waals surface area contributed by atoms with Gasteiger partial charge in [0.2, 0.25) is 0 Å². The predicted octanol–water partition coefficient (Wildman–Crippen LogP) is 3.79. The second-order valence-electron chi connectivity index (χ2n) is 5.28. The number of hydrogen-bond donors (Lipinski definition) is 1. The van der Waals surface area contributed by atoms with E-state index in [1.54, 1.807) is 24.6 Å². The molecule has 0 spiro atoms. The summed E-state index contributed by atoms with van der Waals surface area (Å²) >= 11 is 1.69. The largest absolute Gasteiger partial charge is 0.490 e. The average molecular weight is 329 g/mol. The summed E-state index contributed by atoms with van der Waals surface area (Å²) in [4.78, 5) is 4.45. The third-order valence-corrected chi connectivity index (χ3v) is 4.69. The lowest BCUT2D eigenvalue weighted by molar-refractivity contribution is 0.146. The molecule has 0 aliphatic carbocycles. The van der Waals surface area contributed by atoms with Gasteiger partial charge in [-0.15, -0.1) is 11.3 Å². The molecule has 0 atom stereocenters. The number of aromatic nitrogens is 1. The van der Waals surface area contributed by atoms with Gasteiger partial charge in [0, 0.05) is 34.0 Å². The average Bonchev–Trinajstić information content (AvgIpc) is 2.99. The molecule has 0 fully saturated rings. The van der Waals surface area contributed by atoms with Crippen LogP contribution in [0.15, 0.2) is 35.8 Å². The van der Waals surface area contributed by atoms with Gasteiger partial charge in [-0.2, -0.15) is 0 Å². The maximum Gasteiger partial charge on any atom is 0.138 e. The van der Waals surface area contributed by atoms with Crippen LogP contribution in [0.3, 0.4) is 0 Å². The molecule has 3 rings (SSSR count). The van der Waals surface area contributed by atoms with Crippen molar-refractivity contribution in [3.8, 4) is 16.9 Å². The van der Waals surface area contributed by atoms with E-state index >= 15 is 0 Å². The Morgan fingerprint density at radius 3 is 2.83 bits per heavy atom. The van der Waals surface area contributed by atoms with Gasteiger partial charge in [-0.1, -0.05) is 6.07 Å². The molecule has 1 aromatic carbocycles. The third kappa shape index (κ3) is 3.37. The first kappa shape index (κ1) is 15.9. The molecular formula is C18H19NO3S. The van der Waals surface area contributed by atoms with Crippen LogP contribution in [0.2, 0.25) is 0 Å². The molecule has 0 bridgehead atoms. The van der Waals surface area contributed by atoms with Crippen molar-refractivity contribution in [1.29, 1.82) is 0 Å². The van der Waals surface area contributed by atoms with Gasteiger partial charge in [-0.3, -0.25) is 4.98 Å². The molecule has 2 heterocycles. The van der Waals surface area contributed by atoms with Gasteiger partial charge in [0.15, 0.2) is 0 Å². The fourth-order valence-electron chi connectivity index (χ4n) is 2.49. The third-order valence-electron chi connectivity index (χ3n) is 3.73. The number of methoxy groups -OCH3 is 1. The number of rotatable bonds is 6. The first-order valence-corrected chi connectivity index (χ1v) is 8.30. The van der Waals surface area contributed by atoms with Crippen LogP contribution in [0.1, 0.15) is 11.3 Å². The van der Waals surface area contributed by atoms with Crippen molar-refractivity contribution < 1.29 is 14.6 Å². The van der Waals surface area contributed by atoms with Crippen molar-refractivity contribution >= 4 is 21.4 Å². The summed E-state index contributed by atoms with van der Waals surface area (Å²) in [6.07, 6.45) is 1.74. The zero-order valence-corrected chi connectivity index (χ0v) is 14.0. The van der Waals surface area contributed by atoms with E-state index in [9.17, 15) is 5.11 Å². The van der Waals surface area contributed by atoms with E-state index in [1.807, 2.05) is 25.1 Å². The molecule has 0 aliphatic rings. The second-order valence-corrected chi connectivity index (χ2v) is 6.19. The number of aliphatic hydroxyl groups excluding tert-OH is 1. The number of thiophene rings is 1. The molecular weight excluding hydrogens is 310 g/mol. The predicted molar refractivity (Wildman–Crippen MR) is 93.1 cm³/mol. The Kier molecular flexibility index (Phi) is 4.91. The minimum Gasteiger partial charge on any atom is -0.490 e. The summed E-state index contributed by atoms with van der Waals surface area (Å²) in [6.45, 7) is 3.08. The summed E-state index contributed by atoms with van der Waals surface area (Å²) in [5, 5.41) is 12.6. The van der Waals surface area contributed by atoms with Crippen LogP contribution in [0.5, 0.6) is 5.75 Å². The van der Waals surface area contributed by atoms with Crippen LogP contribution < -0.4 is 4.74 Å². The van der Waals surface area contributed by atoms with Gasteiger partial charge in [-0.25, -0.2) is 0 Å². The number of benzene rings is 1. The quantitative estimate of drug-likeness (QED) is 0.699. The van der Waals surface area contributed by atoms with Crippen molar-refractivity contribution in [2.75, 3.05) is 20.3 Å². The molecule has 0 radical (unpaired) electrons.